The molecule has 0 saturated heterocycles. The molecule has 0 amide bonds. The zero-order valence-corrected chi connectivity index (χ0v) is 12.7. The van der Waals surface area contributed by atoms with Crippen molar-refractivity contribution in [3.8, 4) is 0 Å². The highest BCUT2D eigenvalue weighted by atomic mass is 32.2. The maximum Gasteiger partial charge on any atom is 0.153 e. The molecule has 0 aromatic heterocycles. The van der Waals surface area contributed by atoms with Gasteiger partial charge in [-0.1, -0.05) is 76.5 Å². The number of hydrogen-bond donors (Lipinski definition) is 2. The van der Waals surface area contributed by atoms with Gasteiger partial charge in [0, 0.05) is 6.61 Å². The number of unbranched alkanes of at least 4 members (excludes halogenated alkanes) is 9. The van der Waals surface area contributed by atoms with Crippen LogP contribution in [0.2, 0.25) is 0 Å². The molecule has 0 aromatic rings. The highest BCUT2D eigenvalue weighted by molar-refractivity contribution is 8.13. The second-order valence-corrected chi connectivity index (χ2v) is 5.68. The van der Waals surface area contributed by atoms with Crippen LogP contribution in [0.1, 0.15) is 71.1 Å². The molecule has 3 N–H and O–H groups in total. The molecule has 0 heterocycles. The van der Waals surface area contributed by atoms with Gasteiger partial charge in [0.2, 0.25) is 0 Å². The predicted octanol–water partition coefficient (Wildman–Crippen LogP) is 4.51. The Bertz CT molecular complexity index is 189. The largest absolute Gasteiger partial charge is 0.379 e. The average Bonchev–Trinajstić information content (AvgIpc) is 2.34. The molecule has 0 aromatic carbocycles. The molecule has 0 unspecified atom stereocenters. The Hall–Kier alpha value is -0.220. The van der Waals surface area contributed by atoms with E-state index >= 15 is 0 Å². The molecule has 0 rings (SSSR count). The maximum atomic E-state index is 7.01. The first-order valence-corrected chi connectivity index (χ1v) is 8.30. The SMILES string of the molecule is CCCCCCCCCCCCOCSC(=N)N. The van der Waals surface area contributed by atoms with E-state index in [0.717, 1.165) is 13.0 Å². The molecular weight excluding hydrogens is 244 g/mol. The van der Waals surface area contributed by atoms with E-state index in [-0.39, 0.29) is 5.17 Å². The number of thioether (sulfide) groups is 1. The first kappa shape index (κ1) is 17.8. The smallest absolute Gasteiger partial charge is 0.153 e. The van der Waals surface area contributed by atoms with Crippen molar-refractivity contribution >= 4 is 16.9 Å². The van der Waals surface area contributed by atoms with Gasteiger partial charge in [-0.2, -0.15) is 0 Å². The molecule has 0 atom stereocenters. The molecule has 18 heavy (non-hydrogen) atoms. The highest BCUT2D eigenvalue weighted by Crippen LogP contribution is 2.10. The topological polar surface area (TPSA) is 59.1 Å². The minimum atomic E-state index is 0.137. The fourth-order valence-corrected chi connectivity index (χ4v) is 2.18. The number of hydrogen-bond acceptors (Lipinski definition) is 3. The summed E-state index contributed by atoms with van der Waals surface area (Å²) in [4.78, 5) is 0. The summed E-state index contributed by atoms with van der Waals surface area (Å²) in [7, 11) is 0. The second-order valence-electron chi connectivity index (χ2n) is 4.72. The lowest BCUT2D eigenvalue weighted by Crippen LogP contribution is -2.06. The van der Waals surface area contributed by atoms with Crippen molar-refractivity contribution in [1.29, 1.82) is 5.41 Å². The second kappa shape index (κ2) is 14.8. The summed E-state index contributed by atoms with van der Waals surface area (Å²) >= 11 is 1.25. The summed E-state index contributed by atoms with van der Waals surface area (Å²) in [6.07, 6.45) is 13.5. The summed E-state index contributed by atoms with van der Waals surface area (Å²) in [5, 5.41) is 7.15. The van der Waals surface area contributed by atoms with Gasteiger partial charge in [0.25, 0.3) is 0 Å². The van der Waals surface area contributed by atoms with E-state index in [9.17, 15) is 0 Å². The van der Waals surface area contributed by atoms with Crippen LogP contribution in [-0.2, 0) is 4.74 Å². The van der Waals surface area contributed by atoms with Gasteiger partial charge in [-0.05, 0) is 6.42 Å². The zero-order chi connectivity index (χ0) is 13.5. The zero-order valence-electron chi connectivity index (χ0n) is 11.9. The van der Waals surface area contributed by atoms with Crippen molar-refractivity contribution in [2.45, 2.75) is 71.1 Å². The van der Waals surface area contributed by atoms with Gasteiger partial charge in [-0.25, -0.2) is 0 Å². The quantitative estimate of drug-likeness (QED) is 0.225. The van der Waals surface area contributed by atoms with E-state index in [1.54, 1.807) is 0 Å². The van der Waals surface area contributed by atoms with Crippen molar-refractivity contribution in [1.82, 2.24) is 0 Å². The van der Waals surface area contributed by atoms with Crippen molar-refractivity contribution in [3.05, 3.63) is 0 Å². The van der Waals surface area contributed by atoms with Gasteiger partial charge in [0.1, 0.15) is 0 Å². The monoisotopic (exact) mass is 274 g/mol. The summed E-state index contributed by atoms with van der Waals surface area (Å²) in [5.41, 5.74) is 5.20. The fourth-order valence-electron chi connectivity index (χ4n) is 1.86. The average molecular weight is 274 g/mol. The Morgan fingerprint density at radius 1 is 0.944 bits per heavy atom. The Morgan fingerprint density at radius 3 is 1.94 bits per heavy atom. The van der Waals surface area contributed by atoms with E-state index in [1.807, 2.05) is 0 Å². The molecule has 108 valence electrons. The van der Waals surface area contributed by atoms with Crippen LogP contribution in [0.15, 0.2) is 0 Å². The standard InChI is InChI=1S/C14H30N2OS/c1-2-3-4-5-6-7-8-9-10-11-12-17-13-18-14(15)16/h2-13H2,1H3,(H3,15,16). The van der Waals surface area contributed by atoms with Gasteiger partial charge < -0.3 is 10.5 Å². The lowest BCUT2D eigenvalue weighted by molar-refractivity contribution is 0.177. The third-order valence-corrected chi connectivity index (χ3v) is 3.54. The molecule has 0 radical (unpaired) electrons. The van der Waals surface area contributed by atoms with Gasteiger partial charge >= 0.3 is 0 Å². The summed E-state index contributed by atoms with van der Waals surface area (Å²) in [5.74, 6) is 0.521. The van der Waals surface area contributed by atoms with Gasteiger partial charge in [-0.3, -0.25) is 5.41 Å². The summed E-state index contributed by atoms with van der Waals surface area (Å²) in [6, 6.07) is 0. The molecule has 0 fully saturated rings. The van der Waals surface area contributed by atoms with E-state index < -0.39 is 0 Å². The van der Waals surface area contributed by atoms with Crippen molar-refractivity contribution in [2.75, 3.05) is 12.5 Å². The van der Waals surface area contributed by atoms with Crippen LogP contribution in [0.25, 0.3) is 0 Å². The Balaban J connectivity index is 2.92. The summed E-state index contributed by atoms with van der Waals surface area (Å²) < 4.78 is 5.36. The van der Waals surface area contributed by atoms with Crippen LogP contribution in [0.4, 0.5) is 0 Å². The van der Waals surface area contributed by atoms with Gasteiger partial charge in [-0.15, -0.1) is 0 Å². The maximum absolute atomic E-state index is 7.01. The lowest BCUT2D eigenvalue weighted by atomic mass is 10.1. The third kappa shape index (κ3) is 15.8. The van der Waals surface area contributed by atoms with Crippen molar-refractivity contribution in [3.63, 3.8) is 0 Å². The first-order chi connectivity index (χ1) is 8.77. The van der Waals surface area contributed by atoms with E-state index in [4.69, 9.17) is 15.9 Å². The van der Waals surface area contributed by atoms with Crippen LogP contribution in [0.3, 0.4) is 0 Å². The molecule has 4 heteroatoms. The van der Waals surface area contributed by atoms with Crippen LogP contribution in [-0.4, -0.2) is 17.7 Å². The number of amidine groups is 1. The van der Waals surface area contributed by atoms with Crippen LogP contribution >= 0.6 is 11.8 Å². The molecule has 3 nitrogen and oxygen atoms in total. The van der Waals surface area contributed by atoms with Crippen molar-refractivity contribution < 1.29 is 4.74 Å². The first-order valence-electron chi connectivity index (χ1n) is 7.32. The number of rotatable bonds is 13. The van der Waals surface area contributed by atoms with Crippen LogP contribution < -0.4 is 5.73 Å². The minimum Gasteiger partial charge on any atom is -0.379 e. The van der Waals surface area contributed by atoms with Crippen LogP contribution in [0, 0.1) is 5.41 Å². The van der Waals surface area contributed by atoms with E-state index in [1.165, 1.54) is 69.5 Å². The Morgan fingerprint density at radius 2 is 1.44 bits per heavy atom. The third-order valence-electron chi connectivity index (χ3n) is 2.94. The van der Waals surface area contributed by atoms with E-state index in [0.29, 0.717) is 5.94 Å². The Labute approximate surface area is 117 Å². The fraction of sp³-hybridized carbons (Fsp3) is 0.929. The molecular formula is C14H30N2OS. The van der Waals surface area contributed by atoms with Gasteiger partial charge in [0.15, 0.2) is 5.17 Å². The lowest BCUT2D eigenvalue weighted by Gasteiger charge is -2.03. The van der Waals surface area contributed by atoms with Crippen LogP contribution in [0.5, 0.6) is 0 Å². The normalized spacial score (nSPS) is 10.7. The number of ether oxygens (including phenoxy) is 1. The molecule has 0 aliphatic carbocycles. The highest BCUT2D eigenvalue weighted by Gasteiger charge is 1.94. The molecule has 0 spiro atoms. The predicted molar refractivity (Wildman–Crippen MR) is 82.2 cm³/mol. The molecule has 0 aliphatic heterocycles. The minimum absolute atomic E-state index is 0.137. The molecule has 0 aliphatic rings. The molecule has 0 saturated carbocycles. The van der Waals surface area contributed by atoms with Gasteiger partial charge in [0.05, 0.1) is 5.94 Å². The number of nitrogens with two attached hydrogens (primary N) is 1. The number of nitrogens with one attached hydrogen (secondary N) is 1. The van der Waals surface area contributed by atoms with E-state index in [2.05, 4.69) is 6.92 Å². The Kier molecular flexibility index (Phi) is 14.7. The van der Waals surface area contributed by atoms with Crippen molar-refractivity contribution in [2.24, 2.45) is 5.73 Å². The summed E-state index contributed by atoms with van der Waals surface area (Å²) in [6.45, 7) is 3.06. The molecule has 0 bridgehead atoms.